The minimum atomic E-state index is -1.05. The molecule has 0 saturated heterocycles. The molecule has 0 saturated carbocycles. The number of rotatable bonds is 3. The van der Waals surface area contributed by atoms with Crippen molar-refractivity contribution in [2.75, 3.05) is 18.9 Å². The molecule has 0 unspecified atom stereocenters. The first kappa shape index (κ1) is 12.0. The summed E-state index contributed by atoms with van der Waals surface area (Å²) in [5, 5.41) is 11.2. The highest BCUT2D eigenvalue weighted by Crippen LogP contribution is 2.05. The second kappa shape index (κ2) is 5.11. The van der Waals surface area contributed by atoms with Crippen LogP contribution in [0.15, 0.2) is 18.3 Å². The number of aromatic carboxylic acids is 1. The normalized spacial score (nSPS) is 9.62. The Morgan fingerprint density at radius 3 is 2.62 bits per heavy atom. The Morgan fingerprint density at radius 2 is 2.19 bits per heavy atom. The Hall–Kier alpha value is -2.11. The lowest BCUT2D eigenvalue weighted by Gasteiger charge is -2.14. The lowest BCUT2D eigenvalue weighted by atomic mass is 10.3. The van der Waals surface area contributed by atoms with Gasteiger partial charge in [-0.3, -0.25) is 5.32 Å². The molecule has 0 fully saturated rings. The third-order valence-electron chi connectivity index (χ3n) is 2.07. The summed E-state index contributed by atoms with van der Waals surface area (Å²) in [7, 11) is 1.65. The van der Waals surface area contributed by atoms with Crippen molar-refractivity contribution in [2.45, 2.75) is 6.92 Å². The van der Waals surface area contributed by atoms with Crippen LogP contribution in [-0.2, 0) is 0 Å². The van der Waals surface area contributed by atoms with Crippen molar-refractivity contribution < 1.29 is 14.7 Å². The van der Waals surface area contributed by atoms with E-state index >= 15 is 0 Å². The number of hydrogen-bond donors (Lipinski definition) is 2. The molecule has 6 nitrogen and oxygen atoms in total. The Bertz CT molecular complexity index is 389. The fraction of sp³-hybridized carbons (Fsp3) is 0.300. The van der Waals surface area contributed by atoms with Crippen LogP contribution in [-0.4, -0.2) is 40.6 Å². The molecular weight excluding hydrogens is 210 g/mol. The zero-order chi connectivity index (χ0) is 12.1. The first-order valence-electron chi connectivity index (χ1n) is 4.76. The van der Waals surface area contributed by atoms with Gasteiger partial charge in [0.05, 0.1) is 5.56 Å². The number of hydrogen-bond acceptors (Lipinski definition) is 3. The lowest BCUT2D eigenvalue weighted by Crippen LogP contribution is -2.31. The molecule has 2 N–H and O–H groups in total. The number of carboxylic acid groups (broad SMARTS) is 1. The molecule has 0 bridgehead atoms. The topological polar surface area (TPSA) is 82.5 Å². The summed E-state index contributed by atoms with van der Waals surface area (Å²) >= 11 is 0. The van der Waals surface area contributed by atoms with Gasteiger partial charge in [0.25, 0.3) is 0 Å². The zero-order valence-corrected chi connectivity index (χ0v) is 9.10. The van der Waals surface area contributed by atoms with E-state index in [1.54, 1.807) is 7.05 Å². The largest absolute Gasteiger partial charge is 0.478 e. The number of urea groups is 1. The first-order valence-corrected chi connectivity index (χ1v) is 4.76. The maximum Gasteiger partial charge on any atom is 0.337 e. The molecular formula is C10H13N3O3. The molecule has 1 heterocycles. The SMILES string of the molecule is CCN(C)C(=O)Nc1ccc(C(=O)O)cn1. The maximum atomic E-state index is 11.4. The lowest BCUT2D eigenvalue weighted by molar-refractivity contribution is 0.0696. The highest BCUT2D eigenvalue weighted by atomic mass is 16.4. The van der Waals surface area contributed by atoms with E-state index in [-0.39, 0.29) is 11.6 Å². The van der Waals surface area contributed by atoms with Crippen molar-refractivity contribution in [2.24, 2.45) is 0 Å². The van der Waals surface area contributed by atoms with Gasteiger partial charge in [-0.15, -0.1) is 0 Å². The average molecular weight is 223 g/mol. The van der Waals surface area contributed by atoms with Crippen molar-refractivity contribution in [3.63, 3.8) is 0 Å². The molecule has 0 spiro atoms. The van der Waals surface area contributed by atoms with E-state index in [1.807, 2.05) is 6.92 Å². The first-order chi connectivity index (χ1) is 7.54. The summed E-state index contributed by atoms with van der Waals surface area (Å²) in [5.41, 5.74) is 0.0850. The Balaban J connectivity index is 2.69. The predicted octanol–water partition coefficient (Wildman–Crippen LogP) is 1.26. The quantitative estimate of drug-likeness (QED) is 0.808. The van der Waals surface area contributed by atoms with Gasteiger partial charge < -0.3 is 10.0 Å². The van der Waals surface area contributed by atoms with Gasteiger partial charge in [-0.2, -0.15) is 0 Å². The summed E-state index contributed by atoms with van der Waals surface area (Å²) < 4.78 is 0. The number of nitrogens with zero attached hydrogens (tertiary/aromatic N) is 2. The summed E-state index contributed by atoms with van der Waals surface area (Å²) in [6.45, 7) is 2.43. The molecule has 2 amide bonds. The number of anilines is 1. The molecule has 6 heteroatoms. The third-order valence-corrected chi connectivity index (χ3v) is 2.07. The number of carbonyl (C=O) groups is 2. The van der Waals surface area contributed by atoms with Gasteiger partial charge in [-0.05, 0) is 19.1 Å². The summed E-state index contributed by atoms with van der Waals surface area (Å²) in [4.78, 5) is 27.3. The molecule has 86 valence electrons. The van der Waals surface area contributed by atoms with E-state index in [9.17, 15) is 9.59 Å². The summed E-state index contributed by atoms with van der Waals surface area (Å²) in [6.07, 6.45) is 1.20. The van der Waals surface area contributed by atoms with Crippen LogP contribution >= 0.6 is 0 Å². The number of carboxylic acids is 1. The van der Waals surface area contributed by atoms with Gasteiger partial charge in [0, 0.05) is 19.8 Å². The highest BCUT2D eigenvalue weighted by molar-refractivity contribution is 5.90. The van der Waals surface area contributed by atoms with E-state index < -0.39 is 5.97 Å². The Kier molecular flexibility index (Phi) is 3.82. The third kappa shape index (κ3) is 2.94. The van der Waals surface area contributed by atoms with Crippen LogP contribution in [0.5, 0.6) is 0 Å². The standard InChI is InChI=1S/C10H13N3O3/c1-3-13(2)10(16)12-8-5-4-7(6-11-8)9(14)15/h4-6H,3H2,1-2H3,(H,14,15)(H,11,12,16). The Morgan fingerprint density at radius 1 is 1.50 bits per heavy atom. The van der Waals surface area contributed by atoms with Crippen LogP contribution in [0.25, 0.3) is 0 Å². The number of amides is 2. The van der Waals surface area contributed by atoms with Crippen LogP contribution in [0.3, 0.4) is 0 Å². The smallest absolute Gasteiger partial charge is 0.337 e. The molecule has 0 radical (unpaired) electrons. The van der Waals surface area contributed by atoms with Gasteiger partial charge in [0.2, 0.25) is 0 Å². The summed E-state index contributed by atoms with van der Waals surface area (Å²) in [6, 6.07) is 2.56. The summed E-state index contributed by atoms with van der Waals surface area (Å²) in [5.74, 6) is -0.716. The number of pyridine rings is 1. The molecule has 0 atom stereocenters. The fourth-order valence-electron chi connectivity index (χ4n) is 0.943. The Labute approximate surface area is 92.9 Å². The number of nitrogens with one attached hydrogen (secondary N) is 1. The molecule has 1 aromatic heterocycles. The minimum Gasteiger partial charge on any atom is -0.478 e. The van der Waals surface area contributed by atoms with Crippen molar-refractivity contribution in [1.29, 1.82) is 0 Å². The second-order valence-electron chi connectivity index (χ2n) is 3.18. The predicted molar refractivity (Wildman–Crippen MR) is 58.5 cm³/mol. The van der Waals surface area contributed by atoms with Gasteiger partial charge in [-0.1, -0.05) is 0 Å². The molecule has 0 aromatic carbocycles. The van der Waals surface area contributed by atoms with Crippen molar-refractivity contribution in [1.82, 2.24) is 9.88 Å². The van der Waals surface area contributed by atoms with E-state index in [2.05, 4.69) is 10.3 Å². The molecule has 0 aliphatic heterocycles. The van der Waals surface area contributed by atoms with Crippen LogP contribution in [0, 0.1) is 0 Å². The van der Waals surface area contributed by atoms with E-state index in [4.69, 9.17) is 5.11 Å². The van der Waals surface area contributed by atoms with Crippen LogP contribution in [0.2, 0.25) is 0 Å². The fourth-order valence-corrected chi connectivity index (χ4v) is 0.943. The van der Waals surface area contributed by atoms with E-state index in [1.165, 1.54) is 23.2 Å². The van der Waals surface area contributed by atoms with Crippen molar-refractivity contribution in [3.8, 4) is 0 Å². The molecule has 1 aromatic rings. The van der Waals surface area contributed by atoms with Gasteiger partial charge >= 0.3 is 12.0 Å². The van der Waals surface area contributed by atoms with Crippen LogP contribution in [0.1, 0.15) is 17.3 Å². The molecule has 16 heavy (non-hydrogen) atoms. The zero-order valence-electron chi connectivity index (χ0n) is 9.10. The van der Waals surface area contributed by atoms with E-state index in [0.29, 0.717) is 12.4 Å². The number of carbonyl (C=O) groups excluding carboxylic acids is 1. The monoisotopic (exact) mass is 223 g/mol. The highest BCUT2D eigenvalue weighted by Gasteiger charge is 2.08. The molecule has 1 rings (SSSR count). The molecule has 0 aliphatic carbocycles. The van der Waals surface area contributed by atoms with Crippen molar-refractivity contribution in [3.05, 3.63) is 23.9 Å². The second-order valence-corrected chi connectivity index (χ2v) is 3.18. The van der Waals surface area contributed by atoms with Gasteiger partial charge in [0.1, 0.15) is 5.82 Å². The maximum absolute atomic E-state index is 11.4. The van der Waals surface area contributed by atoms with Crippen LogP contribution < -0.4 is 5.32 Å². The number of aromatic nitrogens is 1. The van der Waals surface area contributed by atoms with E-state index in [0.717, 1.165) is 0 Å². The average Bonchev–Trinajstić information content (AvgIpc) is 2.28. The molecule has 0 aliphatic rings. The van der Waals surface area contributed by atoms with Crippen LogP contribution in [0.4, 0.5) is 10.6 Å². The minimum absolute atomic E-state index is 0.0850. The van der Waals surface area contributed by atoms with Gasteiger partial charge in [-0.25, -0.2) is 14.6 Å². The van der Waals surface area contributed by atoms with Gasteiger partial charge in [0.15, 0.2) is 0 Å². The van der Waals surface area contributed by atoms with Crippen molar-refractivity contribution >= 4 is 17.8 Å².